The summed E-state index contributed by atoms with van der Waals surface area (Å²) in [5.74, 6) is -0.0652. The van der Waals surface area contributed by atoms with Crippen LogP contribution >= 0.6 is 31.9 Å². The minimum absolute atomic E-state index is 0.0670. The highest BCUT2D eigenvalue weighted by Crippen LogP contribution is 2.36. The Morgan fingerprint density at radius 2 is 2.05 bits per heavy atom. The zero-order valence-electron chi connectivity index (χ0n) is 10.4. The van der Waals surface area contributed by atoms with E-state index in [1.165, 1.54) is 0 Å². The molecule has 0 unspecified atom stereocenters. The molecular formula is C14H13Br2NO2. The molecule has 1 aromatic rings. The molecule has 0 fully saturated rings. The van der Waals surface area contributed by atoms with Crippen molar-refractivity contribution in [3.8, 4) is 5.75 Å². The number of carbonyl (C=O) groups is 1. The van der Waals surface area contributed by atoms with Crippen LogP contribution in [0.4, 0.5) is 0 Å². The van der Waals surface area contributed by atoms with Crippen molar-refractivity contribution in [3.05, 3.63) is 38.3 Å². The average Bonchev–Trinajstić information content (AvgIpc) is 2.39. The summed E-state index contributed by atoms with van der Waals surface area (Å²) in [4.78, 5) is 16.5. The Bertz CT molecular complexity index is 591. The maximum absolute atomic E-state index is 12.1. The normalized spacial score (nSPS) is 16.5. The fraction of sp³-hybridized carbons (Fsp3) is 0.286. The number of Topliss-reactive ketones (excluding diaryl/α,β-unsaturated/α-hetero) is 1. The Hall–Kier alpha value is -0.940. The smallest absolute Gasteiger partial charge is 0.200 e. The van der Waals surface area contributed by atoms with Gasteiger partial charge in [0.2, 0.25) is 5.78 Å². The first kappa shape index (κ1) is 14.5. The highest BCUT2D eigenvalue weighted by atomic mass is 79.9. The summed E-state index contributed by atoms with van der Waals surface area (Å²) in [6, 6.07) is 3.37. The van der Waals surface area contributed by atoms with Crippen molar-refractivity contribution >= 4 is 43.4 Å². The van der Waals surface area contributed by atoms with E-state index < -0.39 is 0 Å². The second-order valence-corrected chi connectivity index (χ2v) is 5.97. The maximum atomic E-state index is 12.1. The van der Waals surface area contributed by atoms with E-state index in [-0.39, 0.29) is 11.5 Å². The molecule has 19 heavy (non-hydrogen) atoms. The van der Waals surface area contributed by atoms with Gasteiger partial charge in [-0.1, -0.05) is 13.3 Å². The van der Waals surface area contributed by atoms with E-state index in [1.54, 1.807) is 18.2 Å². The fourth-order valence-corrected chi connectivity index (χ4v) is 2.64. The molecule has 1 aliphatic carbocycles. The van der Waals surface area contributed by atoms with Gasteiger partial charge in [-0.25, -0.2) is 0 Å². The van der Waals surface area contributed by atoms with Crippen LogP contribution in [-0.2, 0) is 0 Å². The van der Waals surface area contributed by atoms with Gasteiger partial charge in [0, 0.05) is 12.1 Å². The van der Waals surface area contributed by atoms with Gasteiger partial charge < -0.3 is 5.11 Å². The van der Waals surface area contributed by atoms with Gasteiger partial charge in [-0.05, 0) is 56.5 Å². The van der Waals surface area contributed by atoms with Gasteiger partial charge >= 0.3 is 0 Å². The summed E-state index contributed by atoms with van der Waals surface area (Å²) in [7, 11) is 0. The van der Waals surface area contributed by atoms with E-state index in [9.17, 15) is 9.90 Å². The highest BCUT2D eigenvalue weighted by molar-refractivity contribution is 9.12. The van der Waals surface area contributed by atoms with Crippen LogP contribution in [-0.4, -0.2) is 23.1 Å². The lowest BCUT2D eigenvalue weighted by atomic mass is 9.93. The molecule has 1 aliphatic rings. The number of hydrogen-bond acceptors (Lipinski definition) is 3. The molecule has 0 aliphatic heterocycles. The third-order valence-corrected chi connectivity index (χ3v) is 4.13. The number of halogens is 2. The zero-order valence-corrected chi connectivity index (χ0v) is 13.6. The predicted molar refractivity (Wildman–Crippen MR) is 83.5 cm³/mol. The Morgan fingerprint density at radius 3 is 2.74 bits per heavy atom. The number of phenols is 1. The van der Waals surface area contributed by atoms with Gasteiger partial charge in [0.15, 0.2) is 0 Å². The number of fused-ring (bicyclic) bond motifs is 1. The van der Waals surface area contributed by atoms with E-state index in [2.05, 4.69) is 43.8 Å². The lowest BCUT2D eigenvalue weighted by molar-refractivity contribution is 0.104. The molecule has 0 heterocycles. The lowest BCUT2D eigenvalue weighted by Gasteiger charge is -2.17. The molecule has 1 aromatic carbocycles. The number of ketones is 1. The second-order valence-electron chi connectivity index (χ2n) is 4.26. The van der Waals surface area contributed by atoms with Crippen LogP contribution in [0.25, 0.3) is 0 Å². The van der Waals surface area contributed by atoms with Crippen molar-refractivity contribution in [2.45, 2.75) is 19.8 Å². The molecule has 1 N–H and O–H groups in total. The summed E-state index contributed by atoms with van der Waals surface area (Å²) in [5, 5.41) is 10.1. The van der Waals surface area contributed by atoms with Crippen molar-refractivity contribution < 1.29 is 9.90 Å². The summed E-state index contributed by atoms with van der Waals surface area (Å²) in [5.41, 5.74) is 1.64. The van der Waals surface area contributed by atoms with Crippen LogP contribution in [0.2, 0.25) is 0 Å². The van der Waals surface area contributed by atoms with E-state index in [0.29, 0.717) is 32.3 Å². The van der Waals surface area contributed by atoms with Crippen LogP contribution in [0.3, 0.4) is 0 Å². The highest BCUT2D eigenvalue weighted by Gasteiger charge is 2.26. The van der Waals surface area contributed by atoms with Gasteiger partial charge in [0.05, 0.1) is 20.2 Å². The minimum atomic E-state index is -0.132. The molecular weight excluding hydrogens is 374 g/mol. The molecule has 2 rings (SSSR count). The number of benzene rings is 1. The number of rotatable bonds is 3. The molecule has 0 radical (unpaired) electrons. The molecule has 5 heteroatoms. The Kier molecular flexibility index (Phi) is 4.58. The Balaban J connectivity index is 2.56. The number of aliphatic imine (C=N–C) groups is 1. The third-order valence-electron chi connectivity index (χ3n) is 2.90. The number of phenolic OH excluding ortho intramolecular Hbond substituents is 1. The number of aromatic hydroxyl groups is 1. The first-order chi connectivity index (χ1) is 9.06. The minimum Gasteiger partial charge on any atom is -0.506 e. The van der Waals surface area contributed by atoms with E-state index in [1.807, 2.05) is 0 Å². The molecule has 0 saturated heterocycles. The summed E-state index contributed by atoms with van der Waals surface area (Å²) in [6.07, 6.45) is 3.71. The molecule has 0 spiro atoms. The summed E-state index contributed by atoms with van der Waals surface area (Å²) in [6.45, 7) is 2.78. The lowest BCUT2D eigenvalue weighted by Crippen LogP contribution is -2.16. The molecule has 0 bridgehead atoms. The topological polar surface area (TPSA) is 49.7 Å². The van der Waals surface area contributed by atoms with Crippen molar-refractivity contribution in [1.29, 1.82) is 0 Å². The second kappa shape index (κ2) is 6.01. The summed E-state index contributed by atoms with van der Waals surface area (Å²) < 4.78 is 1.03. The standard InChI is InChI=1S/C14H13Br2NO2/c1-2-3-6-17-11-7-10(16)13(18)8-4-5-9(15)14(19)12(8)11/h4-5,7,19H,2-3,6H2,1H3. The van der Waals surface area contributed by atoms with Crippen molar-refractivity contribution in [2.24, 2.45) is 4.99 Å². The largest absolute Gasteiger partial charge is 0.506 e. The number of unbranched alkanes of at least 4 members (excludes halogenated alkanes) is 1. The monoisotopic (exact) mass is 385 g/mol. The molecule has 3 nitrogen and oxygen atoms in total. The van der Waals surface area contributed by atoms with Crippen molar-refractivity contribution in [2.75, 3.05) is 6.54 Å². The van der Waals surface area contributed by atoms with Gasteiger partial charge in [-0.15, -0.1) is 0 Å². The van der Waals surface area contributed by atoms with Crippen LogP contribution in [0.5, 0.6) is 5.75 Å². The Morgan fingerprint density at radius 1 is 1.32 bits per heavy atom. The molecule has 100 valence electrons. The van der Waals surface area contributed by atoms with Gasteiger partial charge in [-0.3, -0.25) is 9.79 Å². The number of hydrogen-bond donors (Lipinski definition) is 1. The molecule has 0 amide bonds. The quantitative estimate of drug-likeness (QED) is 0.790. The van der Waals surface area contributed by atoms with Crippen LogP contribution in [0.15, 0.2) is 32.2 Å². The van der Waals surface area contributed by atoms with Gasteiger partial charge in [-0.2, -0.15) is 0 Å². The Labute approximate surface area is 128 Å². The van der Waals surface area contributed by atoms with Crippen molar-refractivity contribution in [1.82, 2.24) is 0 Å². The van der Waals surface area contributed by atoms with E-state index in [0.717, 1.165) is 12.8 Å². The maximum Gasteiger partial charge on any atom is 0.200 e. The van der Waals surface area contributed by atoms with Crippen molar-refractivity contribution in [3.63, 3.8) is 0 Å². The van der Waals surface area contributed by atoms with Gasteiger partial charge in [0.25, 0.3) is 0 Å². The number of allylic oxidation sites excluding steroid dienone is 2. The van der Waals surface area contributed by atoms with Gasteiger partial charge in [0.1, 0.15) is 5.75 Å². The average molecular weight is 387 g/mol. The van der Waals surface area contributed by atoms with Crippen LogP contribution in [0, 0.1) is 0 Å². The number of nitrogens with zero attached hydrogens (tertiary/aromatic N) is 1. The van der Waals surface area contributed by atoms with Crippen LogP contribution < -0.4 is 0 Å². The summed E-state index contributed by atoms with van der Waals surface area (Å²) >= 11 is 6.52. The number of carbonyl (C=O) groups excluding carboxylic acids is 1. The molecule has 0 saturated carbocycles. The fourth-order valence-electron chi connectivity index (χ4n) is 1.88. The third kappa shape index (κ3) is 2.82. The molecule has 0 atom stereocenters. The van der Waals surface area contributed by atoms with E-state index in [4.69, 9.17) is 0 Å². The predicted octanol–water partition coefficient (Wildman–Crippen LogP) is 4.22. The first-order valence-electron chi connectivity index (χ1n) is 6.04. The zero-order chi connectivity index (χ0) is 14.0. The van der Waals surface area contributed by atoms with E-state index >= 15 is 0 Å². The first-order valence-corrected chi connectivity index (χ1v) is 7.63. The SMILES string of the molecule is CCCCN=C1C=C(Br)C(=O)c2ccc(Br)c(O)c21. The van der Waals surface area contributed by atoms with Crippen LogP contribution in [0.1, 0.15) is 35.7 Å². The molecule has 0 aromatic heterocycles.